The Morgan fingerprint density at radius 3 is 2.58 bits per heavy atom. The lowest BCUT2D eigenvalue weighted by Gasteiger charge is -2.32. The number of amides is 3. The van der Waals surface area contributed by atoms with Gasteiger partial charge in [-0.1, -0.05) is 31.0 Å². The van der Waals surface area contributed by atoms with Crippen LogP contribution in [0.1, 0.15) is 72.3 Å². The number of rotatable bonds is 5. The van der Waals surface area contributed by atoms with Gasteiger partial charge in [0.15, 0.2) is 5.69 Å². The zero-order valence-electron chi connectivity index (χ0n) is 21.5. The first-order valence-electron chi connectivity index (χ1n) is 13.4. The summed E-state index contributed by atoms with van der Waals surface area (Å²) in [5, 5.41) is 7.64. The van der Waals surface area contributed by atoms with E-state index in [1.165, 1.54) is 12.8 Å². The first-order chi connectivity index (χ1) is 17.4. The highest BCUT2D eigenvalue weighted by Crippen LogP contribution is 2.30. The number of fused-ring (bicyclic) bond motifs is 1. The van der Waals surface area contributed by atoms with Gasteiger partial charge >= 0.3 is 0 Å². The number of aromatic nitrogens is 2. The van der Waals surface area contributed by atoms with Crippen LogP contribution in [0, 0.1) is 18.8 Å². The third-order valence-corrected chi connectivity index (χ3v) is 8.22. The van der Waals surface area contributed by atoms with Gasteiger partial charge in [0, 0.05) is 63.0 Å². The van der Waals surface area contributed by atoms with E-state index in [9.17, 15) is 14.4 Å². The summed E-state index contributed by atoms with van der Waals surface area (Å²) in [7, 11) is 1.88. The third-order valence-electron chi connectivity index (χ3n) is 8.22. The molecule has 1 saturated heterocycles. The van der Waals surface area contributed by atoms with Gasteiger partial charge < -0.3 is 15.1 Å². The number of likely N-dealkylation sites (tertiary alicyclic amines) is 1. The van der Waals surface area contributed by atoms with Gasteiger partial charge in [-0.2, -0.15) is 5.10 Å². The number of aryl methyl sites for hydroxylation is 2. The molecular weight excluding hydrogens is 454 g/mol. The Bertz CT molecular complexity index is 1150. The number of piperidine rings is 1. The largest absolute Gasteiger partial charge is 0.338 e. The summed E-state index contributed by atoms with van der Waals surface area (Å²) in [6, 6.07) is 7.73. The average molecular weight is 492 g/mol. The van der Waals surface area contributed by atoms with Crippen LogP contribution in [0.4, 0.5) is 5.69 Å². The molecule has 3 heterocycles. The van der Waals surface area contributed by atoms with Crippen molar-refractivity contribution in [1.82, 2.24) is 19.6 Å². The van der Waals surface area contributed by atoms with Gasteiger partial charge in [0.05, 0.1) is 5.92 Å². The zero-order valence-corrected chi connectivity index (χ0v) is 21.5. The van der Waals surface area contributed by atoms with E-state index in [2.05, 4.69) is 10.4 Å². The second-order valence-corrected chi connectivity index (χ2v) is 10.7. The molecule has 8 nitrogen and oxygen atoms in total. The Balaban J connectivity index is 1.27. The lowest BCUT2D eigenvalue weighted by Crippen LogP contribution is -2.44. The number of nitrogens with zero attached hydrogens (tertiary/aromatic N) is 4. The molecule has 2 aliphatic heterocycles. The van der Waals surface area contributed by atoms with Crippen LogP contribution in [-0.2, 0) is 29.6 Å². The predicted octanol–water partition coefficient (Wildman–Crippen LogP) is 3.68. The molecule has 0 spiro atoms. The molecular formula is C28H37N5O3. The van der Waals surface area contributed by atoms with Gasteiger partial charge in [-0.15, -0.1) is 0 Å². The highest BCUT2D eigenvalue weighted by molar-refractivity contribution is 5.96. The molecule has 1 aliphatic carbocycles. The van der Waals surface area contributed by atoms with E-state index in [1.807, 2.05) is 43.1 Å². The Hall–Kier alpha value is -3.16. The van der Waals surface area contributed by atoms with Crippen molar-refractivity contribution >= 4 is 23.4 Å². The van der Waals surface area contributed by atoms with Gasteiger partial charge in [-0.05, 0) is 50.2 Å². The topological polar surface area (TPSA) is 87.5 Å². The lowest BCUT2D eigenvalue weighted by atomic mass is 9.96. The van der Waals surface area contributed by atoms with Crippen LogP contribution in [0.25, 0.3) is 0 Å². The summed E-state index contributed by atoms with van der Waals surface area (Å²) >= 11 is 0. The summed E-state index contributed by atoms with van der Waals surface area (Å²) in [6.45, 7) is 4.09. The average Bonchev–Trinajstić information content (AvgIpc) is 3.52. The van der Waals surface area contributed by atoms with E-state index in [0.29, 0.717) is 50.6 Å². The van der Waals surface area contributed by atoms with Crippen LogP contribution in [0.15, 0.2) is 24.3 Å². The number of hydrogen-bond donors (Lipinski definition) is 1. The van der Waals surface area contributed by atoms with Gasteiger partial charge in [0.1, 0.15) is 0 Å². The molecule has 192 valence electrons. The van der Waals surface area contributed by atoms with Crippen LogP contribution >= 0.6 is 0 Å². The molecule has 0 unspecified atom stereocenters. The molecule has 36 heavy (non-hydrogen) atoms. The second-order valence-electron chi connectivity index (χ2n) is 10.7. The lowest BCUT2D eigenvalue weighted by molar-refractivity contribution is -0.133. The van der Waals surface area contributed by atoms with Crippen LogP contribution in [0.2, 0.25) is 0 Å². The summed E-state index contributed by atoms with van der Waals surface area (Å²) in [4.78, 5) is 43.3. The van der Waals surface area contributed by atoms with Crippen LogP contribution < -0.4 is 5.32 Å². The highest BCUT2D eigenvalue weighted by Gasteiger charge is 2.35. The predicted molar refractivity (Wildman–Crippen MR) is 137 cm³/mol. The molecule has 5 rings (SSSR count). The van der Waals surface area contributed by atoms with Gasteiger partial charge in [0.25, 0.3) is 5.91 Å². The van der Waals surface area contributed by atoms with Crippen molar-refractivity contribution in [3.8, 4) is 0 Å². The molecule has 0 radical (unpaired) electrons. The van der Waals surface area contributed by atoms with E-state index in [-0.39, 0.29) is 23.6 Å². The number of anilines is 1. The summed E-state index contributed by atoms with van der Waals surface area (Å²) < 4.78 is 1.80. The maximum atomic E-state index is 13.6. The van der Waals surface area contributed by atoms with Crippen LogP contribution in [0.5, 0.6) is 0 Å². The van der Waals surface area contributed by atoms with Gasteiger partial charge in [-0.25, -0.2) is 0 Å². The minimum Gasteiger partial charge on any atom is -0.338 e. The first kappa shape index (κ1) is 24.5. The number of para-hydroxylation sites is 1. The standard InChI is InChI=1S/C28H37N5O3/c1-19-8-3-6-12-23(19)29-27(35)21-11-7-14-33(17-21)28(36)26-22-18-32(15-13-24(22)31(2)30-26)25(34)16-20-9-4-5-10-20/h3,6,8,12,20-21H,4-5,7,9-11,13-18H2,1-2H3,(H,29,35)/t21-/m1/s1. The maximum Gasteiger partial charge on any atom is 0.274 e. The van der Waals surface area contributed by atoms with E-state index in [1.54, 1.807) is 9.58 Å². The van der Waals surface area contributed by atoms with E-state index in [0.717, 1.165) is 48.2 Å². The van der Waals surface area contributed by atoms with E-state index in [4.69, 9.17) is 0 Å². The molecule has 1 N–H and O–H groups in total. The van der Waals surface area contributed by atoms with Crippen molar-refractivity contribution in [2.45, 2.75) is 64.8 Å². The van der Waals surface area contributed by atoms with Crippen molar-refractivity contribution in [2.24, 2.45) is 18.9 Å². The number of hydrogen-bond acceptors (Lipinski definition) is 4. The minimum atomic E-state index is -0.258. The highest BCUT2D eigenvalue weighted by atomic mass is 16.2. The minimum absolute atomic E-state index is 0.0477. The molecule has 3 amide bonds. The van der Waals surface area contributed by atoms with Crippen LogP contribution in [0.3, 0.4) is 0 Å². The van der Waals surface area contributed by atoms with Crippen molar-refractivity contribution in [3.05, 3.63) is 46.8 Å². The zero-order chi connectivity index (χ0) is 25.2. The molecule has 1 aromatic heterocycles. The van der Waals surface area contributed by atoms with Crippen molar-refractivity contribution in [2.75, 3.05) is 25.0 Å². The van der Waals surface area contributed by atoms with Gasteiger partial charge in [-0.3, -0.25) is 19.1 Å². The van der Waals surface area contributed by atoms with E-state index >= 15 is 0 Å². The maximum absolute atomic E-state index is 13.6. The van der Waals surface area contributed by atoms with Crippen molar-refractivity contribution in [3.63, 3.8) is 0 Å². The number of benzene rings is 1. The number of nitrogens with one attached hydrogen (secondary N) is 1. The van der Waals surface area contributed by atoms with Crippen molar-refractivity contribution in [1.29, 1.82) is 0 Å². The molecule has 8 heteroatoms. The molecule has 0 bridgehead atoms. The Morgan fingerprint density at radius 1 is 1.03 bits per heavy atom. The SMILES string of the molecule is Cc1ccccc1NC(=O)[C@@H]1CCCN(C(=O)c2nn(C)c3c2CN(C(=O)CC2CCCC2)CC3)C1. The third kappa shape index (κ3) is 5.04. The fraction of sp³-hybridized carbons (Fsp3) is 0.571. The monoisotopic (exact) mass is 491 g/mol. The van der Waals surface area contributed by atoms with E-state index < -0.39 is 0 Å². The smallest absolute Gasteiger partial charge is 0.274 e. The first-order valence-corrected chi connectivity index (χ1v) is 13.4. The molecule has 1 saturated carbocycles. The quantitative estimate of drug-likeness (QED) is 0.691. The van der Waals surface area contributed by atoms with Crippen LogP contribution in [-0.4, -0.2) is 56.9 Å². The second kappa shape index (κ2) is 10.4. The number of carbonyl (C=O) groups excluding carboxylic acids is 3. The molecule has 1 atom stereocenters. The fourth-order valence-corrected chi connectivity index (χ4v) is 6.04. The van der Waals surface area contributed by atoms with Gasteiger partial charge in [0.2, 0.25) is 11.8 Å². The number of carbonyl (C=O) groups is 3. The molecule has 1 aromatic carbocycles. The van der Waals surface area contributed by atoms with Crippen molar-refractivity contribution < 1.29 is 14.4 Å². The summed E-state index contributed by atoms with van der Waals surface area (Å²) in [5.41, 5.74) is 4.17. The molecule has 3 aliphatic rings. The Labute approximate surface area is 213 Å². The summed E-state index contributed by atoms with van der Waals surface area (Å²) in [6.07, 6.45) is 7.60. The fourth-order valence-electron chi connectivity index (χ4n) is 6.04. The molecule has 2 fully saturated rings. The Kier molecular flexibility index (Phi) is 7.12. The Morgan fingerprint density at radius 2 is 1.81 bits per heavy atom. The molecule has 2 aromatic rings. The summed E-state index contributed by atoms with van der Waals surface area (Å²) in [5.74, 6) is 0.260. The normalized spacial score (nSPS) is 20.3.